The van der Waals surface area contributed by atoms with Crippen LogP contribution in [0.1, 0.15) is 25.8 Å². The van der Waals surface area contributed by atoms with E-state index in [2.05, 4.69) is 5.16 Å². The number of fused-ring (bicyclic) bond motifs is 1. The normalized spacial score (nSPS) is 33.9. The highest BCUT2D eigenvalue weighted by atomic mass is 16.8. The molecule has 0 amide bonds. The van der Waals surface area contributed by atoms with Crippen LogP contribution >= 0.6 is 0 Å². The Morgan fingerprint density at radius 3 is 2.59 bits per heavy atom. The van der Waals surface area contributed by atoms with Crippen molar-refractivity contribution in [3.05, 3.63) is 35.9 Å². The van der Waals surface area contributed by atoms with Gasteiger partial charge in [0.2, 0.25) is 0 Å². The van der Waals surface area contributed by atoms with Crippen molar-refractivity contribution in [3.8, 4) is 0 Å². The second-order valence-corrected chi connectivity index (χ2v) is 6.09. The van der Waals surface area contributed by atoms with E-state index in [1.807, 2.05) is 30.3 Å². The first kappa shape index (κ1) is 15.4. The molecule has 0 unspecified atom stereocenters. The lowest BCUT2D eigenvalue weighted by atomic mass is 10.0. The fourth-order valence-electron chi connectivity index (χ4n) is 2.93. The smallest absolute Gasteiger partial charge is 0.190 e. The number of nitrogens with zero attached hydrogens (tertiary/aromatic N) is 1. The van der Waals surface area contributed by atoms with E-state index in [-0.39, 0.29) is 0 Å². The highest BCUT2D eigenvalue weighted by molar-refractivity contribution is 5.89. The van der Waals surface area contributed by atoms with Crippen LogP contribution in [-0.2, 0) is 20.6 Å². The number of oxime groups is 1. The molecule has 0 saturated carbocycles. The molecular weight excluding hydrogens is 286 g/mol. The van der Waals surface area contributed by atoms with Gasteiger partial charge in [-0.05, 0) is 32.3 Å². The summed E-state index contributed by atoms with van der Waals surface area (Å²) < 4.78 is 16.9. The zero-order valence-corrected chi connectivity index (χ0v) is 12.7. The van der Waals surface area contributed by atoms with Crippen LogP contribution in [0.3, 0.4) is 0 Å². The van der Waals surface area contributed by atoms with Crippen molar-refractivity contribution in [2.24, 2.45) is 5.16 Å². The molecule has 0 spiro atoms. The van der Waals surface area contributed by atoms with Gasteiger partial charge in [-0.3, -0.25) is 0 Å². The van der Waals surface area contributed by atoms with Gasteiger partial charge in [0.05, 0.1) is 5.71 Å². The van der Waals surface area contributed by atoms with Crippen LogP contribution in [-0.4, -0.2) is 46.4 Å². The largest absolute Gasteiger partial charge is 0.411 e. The third-order valence-electron chi connectivity index (χ3n) is 3.99. The molecule has 2 fully saturated rings. The zero-order chi connectivity index (χ0) is 15.7. The van der Waals surface area contributed by atoms with Gasteiger partial charge in [-0.25, -0.2) is 0 Å². The van der Waals surface area contributed by atoms with Crippen molar-refractivity contribution in [1.82, 2.24) is 0 Å². The molecule has 0 aliphatic carbocycles. The number of hydrogen-bond donors (Lipinski definition) is 2. The topological polar surface area (TPSA) is 80.5 Å². The van der Waals surface area contributed by atoms with Crippen LogP contribution in [0.15, 0.2) is 35.5 Å². The van der Waals surface area contributed by atoms with Gasteiger partial charge in [0.15, 0.2) is 12.1 Å². The van der Waals surface area contributed by atoms with Gasteiger partial charge in [-0.1, -0.05) is 35.5 Å². The Kier molecular flexibility index (Phi) is 4.18. The van der Waals surface area contributed by atoms with E-state index in [4.69, 9.17) is 14.2 Å². The highest BCUT2D eigenvalue weighted by Gasteiger charge is 2.55. The number of benzene rings is 1. The molecule has 3 rings (SSSR count). The summed E-state index contributed by atoms with van der Waals surface area (Å²) in [6, 6.07) is 9.88. The van der Waals surface area contributed by atoms with E-state index in [9.17, 15) is 10.3 Å². The third kappa shape index (κ3) is 3.01. The standard InChI is InChI=1S/C16H21NO5/c1-16(2)21-14-12(18)13(20-15(14)22-16)11(17-19)9-8-10-6-4-3-5-7-10/h3-7,12-15,18-19H,8-9H2,1-2H3/b17-11-/t12-,13+,14+,15+/m0/s1. The second-order valence-electron chi connectivity index (χ2n) is 6.09. The molecule has 6 nitrogen and oxygen atoms in total. The fraction of sp³-hybridized carbons (Fsp3) is 0.562. The van der Waals surface area contributed by atoms with Gasteiger partial charge in [-0.2, -0.15) is 0 Å². The maximum atomic E-state index is 10.4. The Labute approximate surface area is 129 Å². The summed E-state index contributed by atoms with van der Waals surface area (Å²) in [5.74, 6) is -0.776. The zero-order valence-electron chi connectivity index (χ0n) is 12.7. The molecule has 6 heteroatoms. The van der Waals surface area contributed by atoms with Crippen LogP contribution in [0.4, 0.5) is 0 Å². The Bertz CT molecular complexity index is 545. The van der Waals surface area contributed by atoms with Crippen LogP contribution in [0, 0.1) is 0 Å². The Morgan fingerprint density at radius 2 is 1.95 bits per heavy atom. The Morgan fingerprint density at radius 1 is 1.23 bits per heavy atom. The molecular formula is C16H21NO5. The van der Waals surface area contributed by atoms with Crippen molar-refractivity contribution >= 4 is 5.71 Å². The van der Waals surface area contributed by atoms with E-state index >= 15 is 0 Å². The quantitative estimate of drug-likeness (QED) is 0.502. The lowest BCUT2D eigenvalue weighted by Crippen LogP contribution is -2.38. The molecule has 22 heavy (non-hydrogen) atoms. The van der Waals surface area contributed by atoms with Crippen LogP contribution in [0.2, 0.25) is 0 Å². The summed E-state index contributed by atoms with van der Waals surface area (Å²) in [7, 11) is 0. The first-order valence-corrected chi connectivity index (χ1v) is 7.44. The summed E-state index contributed by atoms with van der Waals surface area (Å²) >= 11 is 0. The summed E-state index contributed by atoms with van der Waals surface area (Å²) in [6.07, 6.45) is -1.62. The summed E-state index contributed by atoms with van der Waals surface area (Å²) in [5, 5.41) is 23.0. The minimum atomic E-state index is -0.909. The average molecular weight is 307 g/mol. The van der Waals surface area contributed by atoms with Crippen molar-refractivity contribution < 1.29 is 24.5 Å². The number of ether oxygens (including phenoxy) is 3. The Balaban J connectivity index is 1.63. The summed E-state index contributed by atoms with van der Waals surface area (Å²) in [6.45, 7) is 3.54. The number of hydrogen-bond acceptors (Lipinski definition) is 6. The molecule has 0 aromatic heterocycles. The van der Waals surface area contributed by atoms with Gasteiger partial charge in [0, 0.05) is 0 Å². The predicted molar refractivity (Wildman–Crippen MR) is 78.7 cm³/mol. The molecule has 1 aromatic carbocycles. The van der Waals surface area contributed by atoms with Gasteiger partial charge in [-0.15, -0.1) is 0 Å². The molecule has 120 valence electrons. The number of rotatable bonds is 4. The second kappa shape index (κ2) is 5.96. The first-order chi connectivity index (χ1) is 10.5. The van der Waals surface area contributed by atoms with Crippen molar-refractivity contribution in [1.29, 1.82) is 0 Å². The molecule has 2 N–H and O–H groups in total. The Hall–Kier alpha value is -1.47. The predicted octanol–water partition coefficient (Wildman–Crippen LogP) is 1.69. The summed E-state index contributed by atoms with van der Waals surface area (Å²) in [4.78, 5) is 0. The number of aliphatic hydroxyl groups is 1. The minimum absolute atomic E-state index is 0.399. The lowest BCUT2D eigenvalue weighted by molar-refractivity contribution is -0.207. The maximum Gasteiger partial charge on any atom is 0.190 e. The van der Waals surface area contributed by atoms with Crippen molar-refractivity contribution in [3.63, 3.8) is 0 Å². The van der Waals surface area contributed by atoms with Crippen LogP contribution < -0.4 is 0 Å². The fourth-order valence-corrected chi connectivity index (χ4v) is 2.93. The van der Waals surface area contributed by atoms with E-state index in [0.29, 0.717) is 18.6 Å². The SMILES string of the molecule is CC1(C)O[C@H]2O[C@H](/C(CCc3ccccc3)=N\O)[C@H](O)[C@H]2O1. The molecule has 0 radical (unpaired) electrons. The maximum absolute atomic E-state index is 10.4. The average Bonchev–Trinajstić information content (AvgIpc) is 2.95. The van der Waals surface area contributed by atoms with Crippen LogP contribution in [0.25, 0.3) is 0 Å². The minimum Gasteiger partial charge on any atom is -0.411 e. The van der Waals surface area contributed by atoms with Crippen molar-refractivity contribution in [2.75, 3.05) is 0 Å². The third-order valence-corrected chi connectivity index (χ3v) is 3.99. The van der Waals surface area contributed by atoms with Gasteiger partial charge in [0.1, 0.15) is 18.3 Å². The molecule has 2 aliphatic heterocycles. The first-order valence-electron chi connectivity index (χ1n) is 7.44. The van der Waals surface area contributed by atoms with Gasteiger partial charge >= 0.3 is 0 Å². The highest BCUT2D eigenvalue weighted by Crippen LogP contribution is 2.38. The van der Waals surface area contributed by atoms with E-state index in [1.165, 1.54) is 0 Å². The van der Waals surface area contributed by atoms with Crippen molar-refractivity contribution in [2.45, 2.75) is 57.1 Å². The van der Waals surface area contributed by atoms with Gasteiger partial charge in [0.25, 0.3) is 0 Å². The molecule has 2 saturated heterocycles. The molecule has 2 heterocycles. The molecule has 0 bridgehead atoms. The van der Waals surface area contributed by atoms with E-state index < -0.39 is 30.4 Å². The number of aliphatic hydroxyl groups excluding tert-OH is 1. The van der Waals surface area contributed by atoms with Gasteiger partial charge < -0.3 is 24.5 Å². The number of aryl methyl sites for hydroxylation is 1. The van der Waals surface area contributed by atoms with E-state index in [1.54, 1.807) is 13.8 Å². The lowest BCUT2D eigenvalue weighted by Gasteiger charge is -2.23. The monoisotopic (exact) mass is 307 g/mol. The molecule has 4 atom stereocenters. The van der Waals surface area contributed by atoms with E-state index in [0.717, 1.165) is 5.56 Å². The van der Waals surface area contributed by atoms with Crippen LogP contribution in [0.5, 0.6) is 0 Å². The summed E-state index contributed by atoms with van der Waals surface area (Å²) in [5.41, 5.74) is 1.53. The molecule has 1 aromatic rings. The molecule has 2 aliphatic rings.